The summed E-state index contributed by atoms with van der Waals surface area (Å²) in [5.41, 5.74) is 1.38. The first-order chi connectivity index (χ1) is 11.0. The molecule has 23 heavy (non-hydrogen) atoms. The van der Waals surface area contributed by atoms with Crippen molar-refractivity contribution < 1.29 is 19.8 Å². The van der Waals surface area contributed by atoms with Gasteiger partial charge in [0.15, 0.2) is 0 Å². The molecule has 1 aromatic rings. The van der Waals surface area contributed by atoms with Gasteiger partial charge in [-0.25, -0.2) is 9.59 Å². The highest BCUT2D eigenvalue weighted by Gasteiger charge is 2.12. The third-order valence-electron chi connectivity index (χ3n) is 3.83. The third-order valence-corrected chi connectivity index (χ3v) is 3.83. The average molecular weight is 318 g/mol. The second-order valence-electron chi connectivity index (χ2n) is 5.77. The summed E-state index contributed by atoms with van der Waals surface area (Å²) in [6.45, 7) is 2.21. The SMILES string of the molecule is CCCCCCCCCc1ccc(/C(=C/C(=O)O)C(=O)O)cc1. The average Bonchev–Trinajstić information content (AvgIpc) is 2.52. The number of benzene rings is 1. The molecule has 1 aromatic carbocycles. The van der Waals surface area contributed by atoms with Gasteiger partial charge >= 0.3 is 11.9 Å². The molecule has 0 aliphatic rings. The molecule has 126 valence electrons. The van der Waals surface area contributed by atoms with E-state index in [2.05, 4.69) is 6.92 Å². The van der Waals surface area contributed by atoms with Gasteiger partial charge in [0.2, 0.25) is 0 Å². The zero-order valence-electron chi connectivity index (χ0n) is 13.8. The molecule has 1 rings (SSSR count). The number of carboxylic acids is 2. The van der Waals surface area contributed by atoms with Crippen LogP contribution in [-0.4, -0.2) is 22.2 Å². The highest BCUT2D eigenvalue weighted by Crippen LogP contribution is 2.17. The lowest BCUT2D eigenvalue weighted by Crippen LogP contribution is -2.03. The fourth-order valence-corrected chi connectivity index (χ4v) is 2.53. The van der Waals surface area contributed by atoms with E-state index >= 15 is 0 Å². The van der Waals surface area contributed by atoms with Gasteiger partial charge in [-0.2, -0.15) is 0 Å². The number of carbonyl (C=O) groups is 2. The van der Waals surface area contributed by atoms with Crippen LogP contribution in [0.4, 0.5) is 0 Å². The Morgan fingerprint density at radius 2 is 1.48 bits per heavy atom. The monoisotopic (exact) mass is 318 g/mol. The number of hydrogen-bond acceptors (Lipinski definition) is 2. The van der Waals surface area contributed by atoms with Crippen LogP contribution >= 0.6 is 0 Å². The van der Waals surface area contributed by atoms with Crippen molar-refractivity contribution in [1.82, 2.24) is 0 Å². The number of rotatable bonds is 11. The summed E-state index contributed by atoms with van der Waals surface area (Å²) in [7, 11) is 0. The van der Waals surface area contributed by atoms with E-state index < -0.39 is 11.9 Å². The van der Waals surface area contributed by atoms with Crippen LogP contribution in [0.2, 0.25) is 0 Å². The molecule has 0 aliphatic heterocycles. The zero-order valence-corrected chi connectivity index (χ0v) is 13.8. The maximum Gasteiger partial charge on any atom is 0.336 e. The maximum atomic E-state index is 11.1. The topological polar surface area (TPSA) is 74.6 Å². The molecular weight excluding hydrogens is 292 g/mol. The third kappa shape index (κ3) is 7.63. The molecule has 2 N–H and O–H groups in total. The molecule has 0 fully saturated rings. The Balaban J connectivity index is 2.47. The first-order valence-corrected chi connectivity index (χ1v) is 8.31. The Bertz CT molecular complexity index is 529. The maximum absolute atomic E-state index is 11.1. The van der Waals surface area contributed by atoms with E-state index in [0.29, 0.717) is 5.56 Å². The van der Waals surface area contributed by atoms with E-state index in [9.17, 15) is 9.59 Å². The minimum Gasteiger partial charge on any atom is -0.478 e. The predicted molar refractivity (Wildman–Crippen MR) is 91.4 cm³/mol. The molecule has 0 amide bonds. The first kappa shape index (κ1) is 18.9. The fraction of sp³-hybridized carbons (Fsp3) is 0.474. The number of unbranched alkanes of at least 4 members (excludes halogenated alkanes) is 6. The van der Waals surface area contributed by atoms with Crippen molar-refractivity contribution in [2.24, 2.45) is 0 Å². The van der Waals surface area contributed by atoms with Crippen molar-refractivity contribution in [3.8, 4) is 0 Å². The molecular formula is C19H26O4. The Morgan fingerprint density at radius 3 is 2.00 bits per heavy atom. The summed E-state index contributed by atoms with van der Waals surface area (Å²) in [4.78, 5) is 21.8. The van der Waals surface area contributed by atoms with Crippen LogP contribution in [0.1, 0.15) is 63.0 Å². The molecule has 0 heterocycles. The molecule has 0 spiro atoms. The number of hydrogen-bond donors (Lipinski definition) is 2. The molecule has 0 saturated carbocycles. The molecule has 4 nitrogen and oxygen atoms in total. The van der Waals surface area contributed by atoms with Crippen molar-refractivity contribution >= 4 is 17.5 Å². The summed E-state index contributed by atoms with van der Waals surface area (Å²) in [5, 5.41) is 17.8. The minimum atomic E-state index is -1.26. The molecule has 0 saturated heterocycles. The summed E-state index contributed by atoms with van der Waals surface area (Å²) in [6.07, 6.45) is 10.5. The quantitative estimate of drug-likeness (QED) is 0.464. The van der Waals surface area contributed by atoms with Crippen LogP contribution in [0.25, 0.3) is 5.57 Å². The highest BCUT2D eigenvalue weighted by molar-refractivity contribution is 6.19. The van der Waals surface area contributed by atoms with Gasteiger partial charge in [0, 0.05) is 6.08 Å². The number of aryl methyl sites for hydroxylation is 1. The van der Waals surface area contributed by atoms with Gasteiger partial charge < -0.3 is 10.2 Å². The fourth-order valence-electron chi connectivity index (χ4n) is 2.53. The smallest absolute Gasteiger partial charge is 0.336 e. The van der Waals surface area contributed by atoms with Crippen molar-refractivity contribution in [3.63, 3.8) is 0 Å². The molecule has 0 bridgehead atoms. The van der Waals surface area contributed by atoms with Crippen molar-refractivity contribution in [1.29, 1.82) is 0 Å². The lowest BCUT2D eigenvalue weighted by Gasteiger charge is -2.05. The van der Waals surface area contributed by atoms with Crippen molar-refractivity contribution in [2.75, 3.05) is 0 Å². The Hall–Kier alpha value is -2.10. The van der Waals surface area contributed by atoms with E-state index in [1.165, 1.54) is 38.5 Å². The van der Waals surface area contributed by atoms with Crippen molar-refractivity contribution in [2.45, 2.75) is 58.3 Å². The molecule has 0 unspecified atom stereocenters. The molecule has 0 aliphatic carbocycles. The van der Waals surface area contributed by atoms with E-state index in [0.717, 1.165) is 24.5 Å². The molecule has 4 heteroatoms. The Morgan fingerprint density at radius 1 is 0.913 bits per heavy atom. The summed E-state index contributed by atoms with van der Waals surface area (Å²) >= 11 is 0. The van der Waals surface area contributed by atoms with Crippen LogP contribution in [-0.2, 0) is 16.0 Å². The molecule has 0 aromatic heterocycles. The van der Waals surface area contributed by atoms with Crippen LogP contribution < -0.4 is 0 Å². The Kier molecular flexibility index (Phi) is 8.73. The summed E-state index contributed by atoms with van der Waals surface area (Å²) in [6, 6.07) is 7.12. The second kappa shape index (κ2) is 10.6. The van der Waals surface area contributed by atoms with Crippen LogP contribution in [0, 0.1) is 0 Å². The highest BCUT2D eigenvalue weighted by atomic mass is 16.4. The number of aliphatic carboxylic acids is 2. The zero-order chi connectivity index (χ0) is 17.1. The van der Waals surface area contributed by atoms with Gasteiger partial charge in [-0.1, -0.05) is 69.7 Å². The van der Waals surface area contributed by atoms with E-state index in [-0.39, 0.29) is 5.57 Å². The van der Waals surface area contributed by atoms with E-state index in [1.54, 1.807) is 12.1 Å². The second-order valence-corrected chi connectivity index (χ2v) is 5.77. The molecule has 0 atom stereocenters. The van der Waals surface area contributed by atoms with Gasteiger partial charge in [-0.3, -0.25) is 0 Å². The number of carboxylic acid groups (broad SMARTS) is 2. The first-order valence-electron chi connectivity index (χ1n) is 8.31. The lowest BCUT2D eigenvalue weighted by atomic mass is 10.0. The van der Waals surface area contributed by atoms with Crippen LogP contribution in [0.5, 0.6) is 0 Å². The van der Waals surface area contributed by atoms with Gasteiger partial charge in [0.1, 0.15) is 0 Å². The van der Waals surface area contributed by atoms with Gasteiger partial charge in [-0.15, -0.1) is 0 Å². The van der Waals surface area contributed by atoms with Gasteiger partial charge in [0.25, 0.3) is 0 Å². The standard InChI is InChI=1S/C19H26O4/c1-2-3-4-5-6-7-8-9-15-10-12-16(13-11-15)17(19(22)23)14-18(20)21/h10-14H,2-9H2,1H3,(H,20,21)(H,22,23)/b17-14-. The van der Waals surface area contributed by atoms with E-state index in [4.69, 9.17) is 10.2 Å². The van der Waals surface area contributed by atoms with Crippen molar-refractivity contribution in [3.05, 3.63) is 41.5 Å². The van der Waals surface area contributed by atoms with Gasteiger partial charge in [-0.05, 0) is 24.0 Å². The van der Waals surface area contributed by atoms with Crippen LogP contribution in [0.3, 0.4) is 0 Å². The van der Waals surface area contributed by atoms with E-state index in [1.807, 2.05) is 12.1 Å². The Labute approximate surface area is 137 Å². The lowest BCUT2D eigenvalue weighted by molar-refractivity contribution is -0.133. The summed E-state index contributed by atoms with van der Waals surface area (Å²) in [5.74, 6) is -2.48. The minimum absolute atomic E-state index is 0.194. The van der Waals surface area contributed by atoms with Gasteiger partial charge in [0.05, 0.1) is 5.57 Å². The normalized spacial score (nSPS) is 11.4. The largest absolute Gasteiger partial charge is 0.478 e. The predicted octanol–water partition coefficient (Wildman–Crippen LogP) is 4.53. The molecule has 0 radical (unpaired) electrons. The van der Waals surface area contributed by atoms with Crippen LogP contribution in [0.15, 0.2) is 30.3 Å². The summed E-state index contributed by atoms with van der Waals surface area (Å²) < 4.78 is 0.